The van der Waals surface area contributed by atoms with Gasteiger partial charge in [-0.15, -0.1) is 0 Å². The van der Waals surface area contributed by atoms with Crippen LogP contribution >= 0.6 is 0 Å². The van der Waals surface area contributed by atoms with Crippen molar-refractivity contribution < 1.29 is 19.1 Å². The summed E-state index contributed by atoms with van der Waals surface area (Å²) in [6.45, 7) is 3.84. The van der Waals surface area contributed by atoms with E-state index in [1.807, 2.05) is 13.8 Å². The molecule has 1 atom stereocenters. The van der Waals surface area contributed by atoms with E-state index in [4.69, 9.17) is 0 Å². The molecule has 5 nitrogen and oxygen atoms in total. The van der Waals surface area contributed by atoms with Crippen molar-refractivity contribution in [1.29, 1.82) is 0 Å². The van der Waals surface area contributed by atoms with Gasteiger partial charge in [-0.1, -0.05) is 13.8 Å². The van der Waals surface area contributed by atoms with Crippen molar-refractivity contribution in [2.75, 3.05) is 14.2 Å². The summed E-state index contributed by atoms with van der Waals surface area (Å²) in [5.74, 6) is -0.987. The Labute approximate surface area is 82.8 Å². The van der Waals surface area contributed by atoms with E-state index in [1.165, 1.54) is 14.2 Å². The molecule has 1 aliphatic rings. The van der Waals surface area contributed by atoms with Crippen LogP contribution in [0.25, 0.3) is 0 Å². The van der Waals surface area contributed by atoms with Crippen LogP contribution in [0.2, 0.25) is 0 Å². The van der Waals surface area contributed by atoms with Crippen LogP contribution in [0.4, 0.5) is 0 Å². The van der Waals surface area contributed by atoms with Gasteiger partial charge in [0.15, 0.2) is 0 Å². The number of rotatable bonds is 3. The maximum absolute atomic E-state index is 11.4. The van der Waals surface area contributed by atoms with E-state index in [9.17, 15) is 9.59 Å². The number of nitrogens with one attached hydrogen (secondary N) is 1. The predicted molar refractivity (Wildman–Crippen MR) is 48.5 cm³/mol. The van der Waals surface area contributed by atoms with E-state index in [0.29, 0.717) is 0 Å². The first-order chi connectivity index (χ1) is 6.50. The molecule has 1 aliphatic heterocycles. The minimum absolute atomic E-state index is 0.174. The van der Waals surface area contributed by atoms with E-state index in [1.54, 1.807) is 0 Å². The lowest BCUT2D eigenvalue weighted by molar-refractivity contribution is -0.156. The molecule has 1 saturated heterocycles. The first kappa shape index (κ1) is 11.0. The van der Waals surface area contributed by atoms with Crippen molar-refractivity contribution >= 4 is 11.9 Å². The number of hydrogen-bond acceptors (Lipinski definition) is 5. The molecule has 0 unspecified atom stereocenters. The Bertz CT molecular complexity index is 246. The van der Waals surface area contributed by atoms with Crippen molar-refractivity contribution in [1.82, 2.24) is 5.32 Å². The Morgan fingerprint density at radius 2 is 1.64 bits per heavy atom. The molecule has 0 spiro atoms. The van der Waals surface area contributed by atoms with Gasteiger partial charge in [0.1, 0.15) is 0 Å². The van der Waals surface area contributed by atoms with E-state index in [-0.39, 0.29) is 12.0 Å². The van der Waals surface area contributed by atoms with Crippen LogP contribution in [0.1, 0.15) is 13.8 Å². The highest BCUT2D eigenvalue weighted by Crippen LogP contribution is 2.34. The third kappa shape index (κ3) is 1.37. The van der Waals surface area contributed by atoms with Gasteiger partial charge in [0, 0.05) is 0 Å². The molecule has 0 aliphatic carbocycles. The van der Waals surface area contributed by atoms with Crippen LogP contribution in [-0.4, -0.2) is 37.7 Å². The van der Waals surface area contributed by atoms with Gasteiger partial charge in [-0.3, -0.25) is 5.32 Å². The van der Waals surface area contributed by atoms with Gasteiger partial charge in [0.25, 0.3) is 0 Å². The van der Waals surface area contributed by atoms with Crippen LogP contribution in [0.15, 0.2) is 0 Å². The van der Waals surface area contributed by atoms with E-state index < -0.39 is 17.5 Å². The number of carbonyl (C=O) groups excluding carboxylic acids is 2. The van der Waals surface area contributed by atoms with Crippen LogP contribution in [0.3, 0.4) is 0 Å². The Balaban J connectivity index is 2.86. The zero-order valence-corrected chi connectivity index (χ0v) is 8.79. The van der Waals surface area contributed by atoms with Gasteiger partial charge >= 0.3 is 11.9 Å². The standard InChI is InChI=1S/C9H15NO4/c1-5(2)6-9(10-6,7(11)13-3)8(12)14-4/h5-6,10H,1-4H3/t6-/m0/s1. The van der Waals surface area contributed by atoms with Crippen LogP contribution < -0.4 is 5.32 Å². The second-order valence-corrected chi connectivity index (χ2v) is 3.66. The molecule has 14 heavy (non-hydrogen) atoms. The fourth-order valence-corrected chi connectivity index (χ4v) is 1.65. The van der Waals surface area contributed by atoms with Gasteiger partial charge in [0.05, 0.1) is 20.3 Å². The summed E-state index contributed by atoms with van der Waals surface area (Å²) in [5, 5.41) is 2.83. The van der Waals surface area contributed by atoms with Crippen molar-refractivity contribution in [3.8, 4) is 0 Å². The first-order valence-electron chi connectivity index (χ1n) is 4.45. The highest BCUT2D eigenvalue weighted by Gasteiger charge is 2.68. The third-order valence-electron chi connectivity index (χ3n) is 2.45. The highest BCUT2D eigenvalue weighted by molar-refractivity contribution is 6.09. The van der Waals surface area contributed by atoms with Gasteiger partial charge in [0.2, 0.25) is 5.54 Å². The van der Waals surface area contributed by atoms with E-state index >= 15 is 0 Å². The summed E-state index contributed by atoms with van der Waals surface area (Å²) in [6, 6.07) is -0.192. The van der Waals surface area contributed by atoms with Crippen molar-refractivity contribution in [3.05, 3.63) is 0 Å². The SMILES string of the molecule is COC(=O)C1(C(=O)OC)N[C@H]1C(C)C. The zero-order valence-electron chi connectivity index (χ0n) is 8.79. The number of hydrogen-bond donors (Lipinski definition) is 1. The fraction of sp³-hybridized carbons (Fsp3) is 0.778. The molecule has 1 fully saturated rings. The normalized spacial score (nSPS) is 23.1. The predicted octanol–water partition coefficient (Wildman–Crippen LogP) is -0.301. The lowest BCUT2D eigenvalue weighted by atomic mass is 9.97. The smallest absolute Gasteiger partial charge is 0.339 e. The topological polar surface area (TPSA) is 74.5 Å². The highest BCUT2D eigenvalue weighted by atomic mass is 16.6. The molecule has 1 heterocycles. The van der Waals surface area contributed by atoms with Crippen molar-refractivity contribution in [2.24, 2.45) is 5.92 Å². The molecular formula is C9H15NO4. The zero-order chi connectivity index (χ0) is 10.9. The number of methoxy groups -OCH3 is 2. The number of ether oxygens (including phenoxy) is 2. The summed E-state index contributed by atoms with van der Waals surface area (Å²) in [4.78, 5) is 22.9. The van der Waals surface area contributed by atoms with E-state index in [0.717, 1.165) is 0 Å². The Morgan fingerprint density at radius 3 is 1.86 bits per heavy atom. The maximum atomic E-state index is 11.4. The summed E-state index contributed by atoms with van der Waals surface area (Å²) < 4.78 is 9.16. The van der Waals surface area contributed by atoms with Crippen LogP contribution in [0, 0.1) is 5.92 Å². The molecule has 0 aromatic heterocycles. The van der Waals surface area contributed by atoms with Gasteiger partial charge < -0.3 is 9.47 Å². The molecule has 0 saturated carbocycles. The Kier molecular flexibility index (Phi) is 2.80. The minimum Gasteiger partial charge on any atom is -0.467 e. The summed E-state index contributed by atoms with van der Waals surface area (Å²) in [7, 11) is 2.51. The molecular weight excluding hydrogens is 186 g/mol. The average Bonchev–Trinajstić information content (AvgIpc) is 2.91. The Morgan fingerprint density at radius 1 is 1.21 bits per heavy atom. The largest absolute Gasteiger partial charge is 0.467 e. The molecule has 0 aromatic rings. The summed E-state index contributed by atoms with van der Waals surface area (Å²) >= 11 is 0. The molecule has 80 valence electrons. The second kappa shape index (κ2) is 3.57. The van der Waals surface area contributed by atoms with Gasteiger partial charge in [-0.2, -0.15) is 0 Å². The lowest BCUT2D eigenvalue weighted by Gasteiger charge is -2.11. The molecule has 0 bridgehead atoms. The van der Waals surface area contributed by atoms with Crippen LogP contribution in [-0.2, 0) is 19.1 Å². The van der Waals surface area contributed by atoms with Crippen molar-refractivity contribution in [3.63, 3.8) is 0 Å². The van der Waals surface area contributed by atoms with Gasteiger partial charge in [-0.05, 0) is 5.92 Å². The second-order valence-electron chi connectivity index (χ2n) is 3.66. The molecule has 1 rings (SSSR count). The van der Waals surface area contributed by atoms with Gasteiger partial charge in [-0.25, -0.2) is 9.59 Å². The molecule has 0 radical (unpaired) electrons. The lowest BCUT2D eigenvalue weighted by Crippen LogP contribution is -2.41. The van der Waals surface area contributed by atoms with Crippen LogP contribution in [0.5, 0.6) is 0 Å². The third-order valence-corrected chi connectivity index (χ3v) is 2.45. The summed E-state index contributed by atoms with van der Waals surface area (Å²) in [6.07, 6.45) is 0. The summed E-state index contributed by atoms with van der Waals surface area (Å²) in [5.41, 5.74) is -1.27. The maximum Gasteiger partial charge on any atom is 0.339 e. The number of esters is 2. The molecule has 5 heteroatoms. The number of carbonyl (C=O) groups is 2. The average molecular weight is 201 g/mol. The molecule has 1 N–H and O–H groups in total. The molecule has 0 aromatic carbocycles. The quantitative estimate of drug-likeness (QED) is 0.385. The van der Waals surface area contributed by atoms with E-state index in [2.05, 4.69) is 14.8 Å². The molecule has 0 amide bonds. The van der Waals surface area contributed by atoms with Crippen molar-refractivity contribution in [2.45, 2.75) is 25.4 Å². The monoisotopic (exact) mass is 201 g/mol. The first-order valence-corrected chi connectivity index (χ1v) is 4.45. The Hall–Kier alpha value is -1.10. The fourth-order valence-electron chi connectivity index (χ4n) is 1.65. The minimum atomic E-state index is -1.27.